The van der Waals surface area contributed by atoms with E-state index in [-0.39, 0.29) is 10.9 Å². The van der Waals surface area contributed by atoms with Crippen LogP contribution in [0.2, 0.25) is 0 Å². The van der Waals surface area contributed by atoms with Crippen LogP contribution in [0.5, 0.6) is 0 Å². The first-order chi connectivity index (χ1) is 8.50. The second-order valence-electron chi connectivity index (χ2n) is 4.83. The third kappa shape index (κ3) is 2.81. The lowest BCUT2D eigenvalue weighted by atomic mass is 10.0. The van der Waals surface area contributed by atoms with E-state index in [1.807, 2.05) is 6.92 Å². The van der Waals surface area contributed by atoms with Crippen LogP contribution in [0, 0.1) is 5.92 Å². The zero-order chi connectivity index (χ0) is 13.2. The summed E-state index contributed by atoms with van der Waals surface area (Å²) in [4.78, 5) is 13.9. The highest BCUT2D eigenvalue weighted by atomic mass is 32.2. The highest BCUT2D eigenvalue weighted by molar-refractivity contribution is 7.89. The molecule has 1 aromatic heterocycles. The Labute approximate surface area is 107 Å². The lowest BCUT2D eigenvalue weighted by Gasteiger charge is -2.19. The molecular formula is C12H18N2O3S. The van der Waals surface area contributed by atoms with E-state index in [1.54, 1.807) is 0 Å². The van der Waals surface area contributed by atoms with E-state index in [0.29, 0.717) is 5.92 Å². The summed E-state index contributed by atoms with van der Waals surface area (Å²) in [7, 11) is -3.72. The molecule has 1 fully saturated rings. The molecule has 1 saturated carbocycles. The Morgan fingerprint density at radius 2 is 2.06 bits per heavy atom. The van der Waals surface area contributed by atoms with Gasteiger partial charge < -0.3 is 4.98 Å². The molecule has 0 bridgehead atoms. The summed E-state index contributed by atoms with van der Waals surface area (Å²) in [5.74, 6) is 0.377. The summed E-state index contributed by atoms with van der Waals surface area (Å²) < 4.78 is 26.8. The van der Waals surface area contributed by atoms with E-state index >= 15 is 0 Å². The maximum Gasteiger partial charge on any atom is 0.246 e. The first-order valence-corrected chi connectivity index (χ1v) is 7.68. The summed E-state index contributed by atoms with van der Waals surface area (Å²) in [5.41, 5.74) is -0.486. The summed E-state index contributed by atoms with van der Waals surface area (Å²) in [6, 6.07) is 1.09. The molecule has 100 valence electrons. The van der Waals surface area contributed by atoms with Crippen molar-refractivity contribution in [3.05, 3.63) is 28.7 Å². The molecule has 1 aromatic rings. The van der Waals surface area contributed by atoms with Gasteiger partial charge in [-0.05, 0) is 25.7 Å². The highest BCUT2D eigenvalue weighted by Gasteiger charge is 2.27. The Kier molecular flexibility index (Phi) is 3.87. The smallest absolute Gasteiger partial charge is 0.246 e. The zero-order valence-electron chi connectivity index (χ0n) is 10.3. The molecule has 6 heteroatoms. The molecule has 0 amide bonds. The number of H-pyrrole nitrogens is 1. The van der Waals surface area contributed by atoms with Crippen molar-refractivity contribution in [2.24, 2.45) is 5.92 Å². The maximum absolute atomic E-state index is 12.1. The molecule has 1 atom stereocenters. The van der Waals surface area contributed by atoms with Gasteiger partial charge in [0.25, 0.3) is 0 Å². The SMILES string of the molecule is CC(NS(=O)(=O)c1c[nH]ccc1=O)C1CCCC1. The molecule has 5 nitrogen and oxygen atoms in total. The Balaban J connectivity index is 2.17. The largest absolute Gasteiger partial charge is 0.366 e. The van der Waals surface area contributed by atoms with Gasteiger partial charge in [0.05, 0.1) is 0 Å². The predicted octanol–water partition coefficient (Wildman–Crippen LogP) is 1.23. The first kappa shape index (κ1) is 13.3. The minimum Gasteiger partial charge on any atom is -0.366 e. The monoisotopic (exact) mass is 270 g/mol. The molecule has 2 N–H and O–H groups in total. The number of hydrogen-bond acceptors (Lipinski definition) is 3. The number of nitrogens with one attached hydrogen (secondary N) is 2. The third-order valence-electron chi connectivity index (χ3n) is 3.53. The molecule has 0 aliphatic heterocycles. The van der Waals surface area contributed by atoms with Crippen molar-refractivity contribution in [1.29, 1.82) is 0 Å². The van der Waals surface area contributed by atoms with Gasteiger partial charge in [-0.2, -0.15) is 0 Å². The molecule has 0 radical (unpaired) electrons. The fourth-order valence-corrected chi connectivity index (χ4v) is 3.84. The van der Waals surface area contributed by atoms with Crippen molar-refractivity contribution in [1.82, 2.24) is 9.71 Å². The standard InChI is InChI=1S/C12H18N2O3S/c1-9(10-4-2-3-5-10)14-18(16,17)12-8-13-7-6-11(12)15/h6-10,14H,2-5H2,1H3,(H,13,15). The van der Waals surface area contributed by atoms with E-state index in [9.17, 15) is 13.2 Å². The Bertz CT molecular complexity index is 559. The molecule has 1 unspecified atom stereocenters. The molecule has 2 rings (SSSR count). The quantitative estimate of drug-likeness (QED) is 0.863. The normalized spacial score (nSPS) is 18.9. The average molecular weight is 270 g/mol. The fraction of sp³-hybridized carbons (Fsp3) is 0.583. The van der Waals surface area contributed by atoms with Crippen LogP contribution in [-0.2, 0) is 10.0 Å². The second kappa shape index (κ2) is 5.24. The van der Waals surface area contributed by atoms with E-state index in [4.69, 9.17) is 0 Å². The number of pyridine rings is 1. The zero-order valence-corrected chi connectivity index (χ0v) is 11.2. The number of sulfonamides is 1. The Morgan fingerprint density at radius 3 is 2.67 bits per heavy atom. The van der Waals surface area contributed by atoms with Gasteiger partial charge >= 0.3 is 0 Å². The van der Waals surface area contributed by atoms with E-state index in [0.717, 1.165) is 25.7 Å². The highest BCUT2D eigenvalue weighted by Crippen LogP contribution is 2.28. The lowest BCUT2D eigenvalue weighted by molar-refractivity contribution is 0.424. The number of rotatable bonds is 4. The summed E-state index contributed by atoms with van der Waals surface area (Å²) in [5, 5.41) is 0. The van der Waals surface area contributed by atoms with Crippen LogP contribution in [-0.4, -0.2) is 19.4 Å². The predicted molar refractivity (Wildman–Crippen MR) is 68.8 cm³/mol. The number of hydrogen-bond donors (Lipinski definition) is 2. The van der Waals surface area contributed by atoms with Crippen molar-refractivity contribution in [2.45, 2.75) is 43.5 Å². The van der Waals surface area contributed by atoms with E-state index in [1.165, 1.54) is 18.5 Å². The van der Waals surface area contributed by atoms with E-state index in [2.05, 4.69) is 9.71 Å². The lowest BCUT2D eigenvalue weighted by Crippen LogP contribution is -2.38. The molecule has 0 saturated heterocycles. The number of aromatic nitrogens is 1. The molecule has 1 aliphatic rings. The fourth-order valence-electron chi connectivity index (χ4n) is 2.47. The maximum atomic E-state index is 12.1. The van der Waals surface area contributed by atoms with E-state index < -0.39 is 15.5 Å². The first-order valence-electron chi connectivity index (χ1n) is 6.20. The second-order valence-corrected chi connectivity index (χ2v) is 6.51. The van der Waals surface area contributed by atoms with Crippen LogP contribution in [0.3, 0.4) is 0 Å². The van der Waals surface area contributed by atoms with Crippen molar-refractivity contribution in [2.75, 3.05) is 0 Å². The molecule has 18 heavy (non-hydrogen) atoms. The van der Waals surface area contributed by atoms with Crippen molar-refractivity contribution in [3.63, 3.8) is 0 Å². The molecule has 0 aromatic carbocycles. The van der Waals surface area contributed by atoms with Crippen LogP contribution >= 0.6 is 0 Å². The van der Waals surface area contributed by atoms with Crippen molar-refractivity contribution < 1.29 is 8.42 Å². The van der Waals surface area contributed by atoms with Gasteiger partial charge in [-0.3, -0.25) is 4.79 Å². The van der Waals surface area contributed by atoms with Crippen molar-refractivity contribution >= 4 is 10.0 Å². The van der Waals surface area contributed by atoms with Crippen LogP contribution in [0.15, 0.2) is 28.2 Å². The Morgan fingerprint density at radius 1 is 1.39 bits per heavy atom. The third-order valence-corrected chi connectivity index (χ3v) is 5.11. The van der Waals surface area contributed by atoms with Gasteiger partial charge in [-0.15, -0.1) is 0 Å². The van der Waals surface area contributed by atoms with Gasteiger partial charge in [-0.1, -0.05) is 12.8 Å². The van der Waals surface area contributed by atoms with Gasteiger partial charge in [-0.25, -0.2) is 13.1 Å². The summed E-state index contributed by atoms with van der Waals surface area (Å²) in [6.07, 6.45) is 7.06. The van der Waals surface area contributed by atoms with Crippen molar-refractivity contribution in [3.8, 4) is 0 Å². The number of aromatic amines is 1. The molecule has 0 spiro atoms. The summed E-state index contributed by atoms with van der Waals surface area (Å²) >= 11 is 0. The Hall–Kier alpha value is -1.14. The van der Waals surface area contributed by atoms with Gasteiger partial charge in [0.1, 0.15) is 4.90 Å². The van der Waals surface area contributed by atoms with Gasteiger partial charge in [0.2, 0.25) is 15.5 Å². The van der Waals surface area contributed by atoms with Gasteiger partial charge in [0.15, 0.2) is 0 Å². The summed E-state index contributed by atoms with van der Waals surface area (Å²) in [6.45, 7) is 1.87. The molecular weight excluding hydrogens is 252 g/mol. The minimum atomic E-state index is -3.72. The average Bonchev–Trinajstić information content (AvgIpc) is 2.82. The molecule has 1 aliphatic carbocycles. The topological polar surface area (TPSA) is 79.0 Å². The van der Waals surface area contributed by atoms with Crippen LogP contribution in [0.25, 0.3) is 0 Å². The molecule has 1 heterocycles. The van der Waals surface area contributed by atoms with Crippen LogP contribution in [0.1, 0.15) is 32.6 Å². The van der Waals surface area contributed by atoms with Gasteiger partial charge in [0, 0.05) is 24.5 Å². The van der Waals surface area contributed by atoms with Crippen LogP contribution in [0.4, 0.5) is 0 Å². The van der Waals surface area contributed by atoms with Crippen LogP contribution < -0.4 is 10.2 Å². The minimum absolute atomic E-state index is 0.128.